The van der Waals surface area contributed by atoms with E-state index in [-0.39, 0.29) is 11.8 Å². The van der Waals surface area contributed by atoms with Crippen molar-refractivity contribution >= 4 is 17.4 Å². The summed E-state index contributed by atoms with van der Waals surface area (Å²) in [4.78, 5) is 12.2. The van der Waals surface area contributed by atoms with Crippen LogP contribution in [-0.4, -0.2) is 6.03 Å². The second-order valence-electron chi connectivity index (χ2n) is 4.77. The van der Waals surface area contributed by atoms with Crippen molar-refractivity contribution in [2.75, 3.05) is 4.90 Å². The summed E-state index contributed by atoms with van der Waals surface area (Å²) < 4.78 is 77.4. The Hall–Kier alpha value is -2.71. The van der Waals surface area contributed by atoms with Gasteiger partial charge in [0.15, 0.2) is 0 Å². The molecule has 0 aromatic heterocycles. The predicted molar refractivity (Wildman–Crippen MR) is 74.6 cm³/mol. The molecule has 3 nitrogen and oxygen atoms in total. The van der Waals surface area contributed by atoms with E-state index < -0.39 is 35.2 Å². The molecule has 0 saturated heterocycles. The Bertz CT molecular complexity index is 708. The number of nitrogens with two attached hydrogens (primary N) is 1. The number of benzene rings is 2. The van der Waals surface area contributed by atoms with E-state index in [9.17, 15) is 31.1 Å². The van der Waals surface area contributed by atoms with Crippen LogP contribution in [0.3, 0.4) is 0 Å². The highest BCUT2D eigenvalue weighted by atomic mass is 19.4. The van der Waals surface area contributed by atoms with Crippen LogP contribution in [0.4, 0.5) is 42.5 Å². The molecule has 24 heavy (non-hydrogen) atoms. The number of para-hydroxylation sites is 1. The monoisotopic (exact) mass is 348 g/mol. The van der Waals surface area contributed by atoms with Crippen molar-refractivity contribution in [3.63, 3.8) is 0 Å². The Balaban J connectivity index is 2.69. The van der Waals surface area contributed by atoms with Gasteiger partial charge in [0, 0.05) is 0 Å². The lowest BCUT2D eigenvalue weighted by molar-refractivity contribution is -0.143. The summed E-state index contributed by atoms with van der Waals surface area (Å²) in [6.07, 6.45) is -10.0. The number of alkyl halides is 6. The van der Waals surface area contributed by atoms with Crippen LogP contribution in [0.15, 0.2) is 48.5 Å². The minimum absolute atomic E-state index is 0.0202. The number of carbonyl (C=O) groups is 1. The first-order valence-electron chi connectivity index (χ1n) is 6.44. The smallest absolute Gasteiger partial charge is 0.351 e. The van der Waals surface area contributed by atoms with Crippen molar-refractivity contribution < 1.29 is 31.1 Å². The standard InChI is InChI=1S/C15H10F6N2O/c16-14(17,18)9-6-10(15(19,20)21)8-12(7-9)23(13(22)24)11-4-2-1-3-5-11/h1-8H,(H2,22,24). The summed E-state index contributed by atoms with van der Waals surface area (Å²) in [6.45, 7) is 0. The molecule has 2 amide bonds. The maximum atomic E-state index is 12.9. The average Bonchev–Trinajstić information content (AvgIpc) is 2.46. The van der Waals surface area contributed by atoms with Crippen LogP contribution in [0.5, 0.6) is 0 Å². The molecule has 2 rings (SSSR count). The molecular formula is C15H10F6N2O. The molecule has 128 valence electrons. The number of nitrogens with zero attached hydrogens (tertiary/aromatic N) is 1. The van der Waals surface area contributed by atoms with E-state index in [1.807, 2.05) is 0 Å². The number of amides is 2. The number of urea groups is 1. The normalized spacial score (nSPS) is 12.1. The van der Waals surface area contributed by atoms with Gasteiger partial charge in [-0.15, -0.1) is 0 Å². The summed E-state index contributed by atoms with van der Waals surface area (Å²) in [5.74, 6) is 0. The van der Waals surface area contributed by atoms with Crippen molar-refractivity contribution in [1.29, 1.82) is 0 Å². The van der Waals surface area contributed by atoms with Gasteiger partial charge in [0.05, 0.1) is 22.5 Å². The molecule has 0 aliphatic heterocycles. The Labute approximate surface area is 132 Å². The van der Waals surface area contributed by atoms with E-state index >= 15 is 0 Å². The number of carbonyl (C=O) groups excluding carboxylic acids is 1. The molecule has 0 heterocycles. The zero-order valence-corrected chi connectivity index (χ0v) is 11.8. The van der Waals surface area contributed by atoms with Crippen LogP contribution in [0.1, 0.15) is 11.1 Å². The third kappa shape index (κ3) is 3.79. The fourth-order valence-electron chi connectivity index (χ4n) is 2.05. The molecule has 0 saturated carbocycles. The van der Waals surface area contributed by atoms with Crippen molar-refractivity contribution in [3.8, 4) is 0 Å². The summed E-state index contributed by atoms with van der Waals surface area (Å²) in [6, 6.07) is 6.79. The van der Waals surface area contributed by atoms with Crippen molar-refractivity contribution in [2.45, 2.75) is 12.4 Å². The minimum Gasteiger partial charge on any atom is -0.351 e. The lowest BCUT2D eigenvalue weighted by Crippen LogP contribution is -2.32. The van der Waals surface area contributed by atoms with Gasteiger partial charge >= 0.3 is 18.4 Å². The Morgan fingerprint density at radius 1 is 0.792 bits per heavy atom. The fraction of sp³-hybridized carbons (Fsp3) is 0.133. The van der Waals surface area contributed by atoms with Crippen molar-refractivity contribution in [1.82, 2.24) is 0 Å². The predicted octanol–water partition coefficient (Wildman–Crippen LogP) is 4.94. The molecule has 0 unspecified atom stereocenters. The van der Waals surface area contributed by atoms with Gasteiger partial charge in [-0.2, -0.15) is 26.3 Å². The minimum atomic E-state index is -5.02. The van der Waals surface area contributed by atoms with Gasteiger partial charge in [0.2, 0.25) is 0 Å². The number of primary amides is 1. The highest BCUT2D eigenvalue weighted by Gasteiger charge is 2.37. The molecule has 2 aromatic carbocycles. The second-order valence-corrected chi connectivity index (χ2v) is 4.77. The van der Waals surface area contributed by atoms with E-state index in [1.54, 1.807) is 6.07 Å². The third-order valence-electron chi connectivity index (χ3n) is 3.07. The topological polar surface area (TPSA) is 46.3 Å². The quantitative estimate of drug-likeness (QED) is 0.768. The van der Waals surface area contributed by atoms with Gasteiger partial charge in [0.1, 0.15) is 0 Å². The summed E-state index contributed by atoms with van der Waals surface area (Å²) in [5, 5.41) is 0. The van der Waals surface area contributed by atoms with Crippen LogP contribution in [0.2, 0.25) is 0 Å². The molecule has 9 heteroatoms. The van der Waals surface area contributed by atoms with E-state index in [0.717, 1.165) is 0 Å². The van der Waals surface area contributed by atoms with Gasteiger partial charge in [-0.1, -0.05) is 18.2 Å². The summed E-state index contributed by atoms with van der Waals surface area (Å²) in [5.41, 5.74) is 1.49. The van der Waals surface area contributed by atoms with E-state index in [0.29, 0.717) is 17.0 Å². The zero-order chi connectivity index (χ0) is 18.1. The van der Waals surface area contributed by atoms with Gasteiger partial charge in [-0.05, 0) is 30.3 Å². The number of rotatable bonds is 2. The van der Waals surface area contributed by atoms with Crippen LogP contribution < -0.4 is 10.6 Å². The molecule has 0 aliphatic carbocycles. The number of halogens is 6. The van der Waals surface area contributed by atoms with Crippen LogP contribution >= 0.6 is 0 Å². The van der Waals surface area contributed by atoms with Crippen molar-refractivity contribution in [3.05, 3.63) is 59.7 Å². The van der Waals surface area contributed by atoms with Gasteiger partial charge in [-0.3, -0.25) is 4.90 Å². The lowest BCUT2D eigenvalue weighted by atomic mass is 10.1. The zero-order valence-electron chi connectivity index (χ0n) is 11.8. The highest BCUT2D eigenvalue weighted by molar-refractivity contribution is 5.98. The van der Waals surface area contributed by atoms with Crippen LogP contribution in [0.25, 0.3) is 0 Å². The molecule has 0 aliphatic rings. The molecule has 0 radical (unpaired) electrons. The number of anilines is 2. The first-order chi connectivity index (χ1) is 11.0. The lowest BCUT2D eigenvalue weighted by Gasteiger charge is -2.23. The van der Waals surface area contributed by atoms with Crippen LogP contribution in [-0.2, 0) is 12.4 Å². The average molecular weight is 348 g/mol. The maximum Gasteiger partial charge on any atom is 0.416 e. The summed E-state index contributed by atoms with van der Waals surface area (Å²) >= 11 is 0. The molecule has 2 aromatic rings. The molecule has 2 N–H and O–H groups in total. The molecule has 0 atom stereocenters. The number of hydrogen-bond acceptors (Lipinski definition) is 1. The first-order valence-corrected chi connectivity index (χ1v) is 6.44. The van der Waals surface area contributed by atoms with Gasteiger partial charge in [0.25, 0.3) is 0 Å². The molecule has 0 bridgehead atoms. The Kier molecular flexibility index (Phi) is 4.46. The Morgan fingerprint density at radius 3 is 1.62 bits per heavy atom. The molecule has 0 fully saturated rings. The SMILES string of the molecule is NC(=O)N(c1ccccc1)c1cc(C(F)(F)F)cc(C(F)(F)F)c1. The second kappa shape index (κ2) is 6.06. The fourth-order valence-corrected chi connectivity index (χ4v) is 2.05. The number of hydrogen-bond donors (Lipinski definition) is 1. The van der Waals surface area contributed by atoms with Gasteiger partial charge in [-0.25, -0.2) is 4.79 Å². The molecular weight excluding hydrogens is 338 g/mol. The van der Waals surface area contributed by atoms with Crippen LogP contribution in [0, 0.1) is 0 Å². The first kappa shape index (κ1) is 17.6. The largest absolute Gasteiger partial charge is 0.416 e. The van der Waals surface area contributed by atoms with Gasteiger partial charge < -0.3 is 5.73 Å². The summed E-state index contributed by atoms with van der Waals surface area (Å²) in [7, 11) is 0. The third-order valence-corrected chi connectivity index (χ3v) is 3.07. The van der Waals surface area contributed by atoms with E-state index in [1.165, 1.54) is 24.3 Å². The van der Waals surface area contributed by atoms with Crippen molar-refractivity contribution in [2.24, 2.45) is 5.73 Å². The van der Waals surface area contributed by atoms with E-state index in [4.69, 9.17) is 5.73 Å². The molecule has 0 spiro atoms. The maximum absolute atomic E-state index is 12.9. The van der Waals surface area contributed by atoms with E-state index in [2.05, 4.69) is 0 Å². The highest BCUT2D eigenvalue weighted by Crippen LogP contribution is 2.39. The Morgan fingerprint density at radius 2 is 1.25 bits per heavy atom.